The second-order valence-corrected chi connectivity index (χ2v) is 12.4. The number of benzene rings is 2. The Morgan fingerprint density at radius 3 is 2.48 bits per heavy atom. The number of halogens is 1. The van der Waals surface area contributed by atoms with Crippen LogP contribution in [0.3, 0.4) is 0 Å². The van der Waals surface area contributed by atoms with E-state index in [1.54, 1.807) is 55.1 Å². The number of hydrogen-bond donors (Lipinski definition) is 1. The van der Waals surface area contributed by atoms with E-state index in [-0.39, 0.29) is 30.5 Å². The smallest absolute Gasteiger partial charge is 0.410 e. The third kappa shape index (κ3) is 8.35. The monoisotopic (exact) mass is 609 g/mol. The normalized spacial score (nSPS) is 16.5. The fraction of sp³-hybridized carbons (Fsp3) is 0.485. The second-order valence-electron chi connectivity index (χ2n) is 12.4. The molecule has 11 heteroatoms. The molecule has 0 aliphatic carbocycles. The Labute approximate surface area is 259 Å². The van der Waals surface area contributed by atoms with E-state index in [0.717, 1.165) is 0 Å². The number of amides is 2. The highest BCUT2D eigenvalue weighted by Gasteiger charge is 2.32. The SMILES string of the molecule is COCc1cc(C(=O)Nc2ccn(C)n2)c(C)cc1O[C@H](CN1CCN(C(=O)OC(C)(C)C)[C@H](C)C1)c1ccc(C)c(F)c1. The molecule has 2 amide bonds. The van der Waals surface area contributed by atoms with Crippen molar-refractivity contribution in [2.24, 2.45) is 7.05 Å². The van der Waals surface area contributed by atoms with Gasteiger partial charge in [0.25, 0.3) is 5.91 Å². The summed E-state index contributed by atoms with van der Waals surface area (Å²) in [5, 5.41) is 7.06. The Morgan fingerprint density at radius 2 is 1.86 bits per heavy atom. The van der Waals surface area contributed by atoms with Gasteiger partial charge in [-0.25, -0.2) is 9.18 Å². The average Bonchev–Trinajstić information content (AvgIpc) is 3.34. The number of ether oxygens (including phenoxy) is 3. The summed E-state index contributed by atoms with van der Waals surface area (Å²) >= 11 is 0. The third-order valence-corrected chi connectivity index (χ3v) is 7.51. The molecule has 3 aromatic rings. The van der Waals surface area contributed by atoms with Crippen LogP contribution in [-0.4, -0.2) is 76.5 Å². The molecule has 1 aliphatic rings. The quantitative estimate of drug-likeness (QED) is 0.336. The van der Waals surface area contributed by atoms with Gasteiger partial charge in [0.15, 0.2) is 5.82 Å². The third-order valence-electron chi connectivity index (χ3n) is 7.51. The zero-order valence-corrected chi connectivity index (χ0v) is 26.9. The number of carbonyl (C=O) groups is 2. The van der Waals surface area contributed by atoms with Crippen LogP contribution in [0, 0.1) is 19.7 Å². The standard InChI is InChI=1S/C33H44FN5O5/c1-21-9-10-24(17-27(21)34)29(19-38-13-14-39(23(3)18-38)32(41)44-33(4,5)6)43-28-15-22(2)26(16-25(28)20-42-8)31(40)35-30-11-12-37(7)36-30/h9-12,15-17,23,29H,13-14,18-20H2,1-8H3,(H,35,36,40)/t23-,29-/m1/s1. The average molecular weight is 610 g/mol. The van der Waals surface area contributed by atoms with Gasteiger partial charge in [0.1, 0.15) is 23.3 Å². The number of hydrogen-bond acceptors (Lipinski definition) is 7. The summed E-state index contributed by atoms with van der Waals surface area (Å²) in [7, 11) is 3.36. The van der Waals surface area contributed by atoms with Crippen molar-refractivity contribution in [3.63, 3.8) is 0 Å². The minimum atomic E-state index is -0.574. The summed E-state index contributed by atoms with van der Waals surface area (Å²) in [6.45, 7) is 13.5. The molecular formula is C33H44FN5O5. The van der Waals surface area contributed by atoms with E-state index >= 15 is 0 Å². The highest BCUT2D eigenvalue weighted by Crippen LogP contribution is 2.31. The molecule has 4 rings (SSSR count). The molecule has 0 saturated carbocycles. The Hall–Kier alpha value is -3.96. The lowest BCUT2D eigenvalue weighted by molar-refractivity contribution is -0.00308. The highest BCUT2D eigenvalue weighted by atomic mass is 19.1. The van der Waals surface area contributed by atoms with Gasteiger partial charge >= 0.3 is 6.09 Å². The molecule has 1 aromatic heterocycles. The lowest BCUT2D eigenvalue weighted by atomic mass is 10.0. The van der Waals surface area contributed by atoms with Crippen LogP contribution in [0.25, 0.3) is 0 Å². The van der Waals surface area contributed by atoms with E-state index in [1.807, 2.05) is 46.8 Å². The number of methoxy groups -OCH3 is 1. The van der Waals surface area contributed by atoms with Gasteiger partial charge in [-0.1, -0.05) is 12.1 Å². The number of carbonyl (C=O) groups excluding carboxylic acids is 2. The topological polar surface area (TPSA) is 98.2 Å². The fourth-order valence-electron chi connectivity index (χ4n) is 5.21. The lowest BCUT2D eigenvalue weighted by Gasteiger charge is -2.41. The first-order chi connectivity index (χ1) is 20.7. The van der Waals surface area contributed by atoms with Crippen LogP contribution in [0.15, 0.2) is 42.6 Å². The predicted molar refractivity (Wildman–Crippen MR) is 166 cm³/mol. The number of nitrogens with one attached hydrogen (secondary N) is 1. The van der Waals surface area contributed by atoms with Gasteiger partial charge in [-0.2, -0.15) is 5.10 Å². The van der Waals surface area contributed by atoms with Gasteiger partial charge in [-0.05, 0) is 76.4 Å². The van der Waals surface area contributed by atoms with Crippen molar-refractivity contribution in [1.29, 1.82) is 0 Å². The Balaban J connectivity index is 1.58. The van der Waals surface area contributed by atoms with Crippen molar-refractivity contribution in [3.8, 4) is 5.75 Å². The van der Waals surface area contributed by atoms with E-state index in [2.05, 4.69) is 15.3 Å². The molecule has 1 aliphatic heterocycles. The molecule has 0 spiro atoms. The molecule has 2 aromatic carbocycles. The van der Waals surface area contributed by atoms with Gasteiger partial charge in [0.2, 0.25) is 0 Å². The van der Waals surface area contributed by atoms with E-state index < -0.39 is 11.7 Å². The molecule has 1 N–H and O–H groups in total. The molecule has 10 nitrogen and oxygen atoms in total. The van der Waals surface area contributed by atoms with Crippen molar-refractivity contribution in [3.05, 3.63) is 76.2 Å². The van der Waals surface area contributed by atoms with Crippen molar-refractivity contribution < 1.29 is 28.2 Å². The van der Waals surface area contributed by atoms with Crippen molar-refractivity contribution in [2.75, 3.05) is 38.6 Å². The van der Waals surface area contributed by atoms with E-state index in [1.165, 1.54) is 6.07 Å². The Bertz CT molecular complexity index is 1480. The lowest BCUT2D eigenvalue weighted by Crippen LogP contribution is -2.55. The van der Waals surface area contributed by atoms with Gasteiger partial charge in [-0.3, -0.25) is 14.4 Å². The van der Waals surface area contributed by atoms with Crippen LogP contribution >= 0.6 is 0 Å². The summed E-state index contributed by atoms with van der Waals surface area (Å²) in [6, 6.07) is 10.4. The molecule has 0 bridgehead atoms. The summed E-state index contributed by atoms with van der Waals surface area (Å²) < 4.78 is 34.1. The summed E-state index contributed by atoms with van der Waals surface area (Å²) in [4.78, 5) is 29.9. The molecule has 44 heavy (non-hydrogen) atoms. The van der Waals surface area contributed by atoms with Crippen LogP contribution in [0.5, 0.6) is 5.75 Å². The molecule has 2 heterocycles. The second kappa shape index (κ2) is 13.8. The van der Waals surface area contributed by atoms with Crippen molar-refractivity contribution in [1.82, 2.24) is 19.6 Å². The van der Waals surface area contributed by atoms with E-state index in [4.69, 9.17) is 14.2 Å². The van der Waals surface area contributed by atoms with Gasteiger partial charge in [0.05, 0.1) is 6.61 Å². The van der Waals surface area contributed by atoms with Crippen LogP contribution in [-0.2, 0) is 23.1 Å². The minimum Gasteiger partial charge on any atom is -0.484 e. The van der Waals surface area contributed by atoms with Gasteiger partial charge < -0.3 is 24.4 Å². The zero-order valence-electron chi connectivity index (χ0n) is 26.9. The molecule has 238 valence electrons. The number of anilines is 1. The zero-order chi connectivity index (χ0) is 32.2. The summed E-state index contributed by atoms with van der Waals surface area (Å²) in [6.07, 6.45) is 0.889. The summed E-state index contributed by atoms with van der Waals surface area (Å²) in [5.41, 5.74) is 2.53. The Kier molecular flexibility index (Phi) is 10.3. The first kappa shape index (κ1) is 32.9. The molecule has 0 unspecified atom stereocenters. The minimum absolute atomic E-state index is 0.0859. The van der Waals surface area contributed by atoms with Crippen LogP contribution < -0.4 is 10.1 Å². The van der Waals surface area contributed by atoms with Crippen LogP contribution in [0.4, 0.5) is 15.0 Å². The summed E-state index contributed by atoms with van der Waals surface area (Å²) in [5.74, 6) is 0.395. The van der Waals surface area contributed by atoms with Crippen LogP contribution in [0.1, 0.15) is 66.4 Å². The maximum Gasteiger partial charge on any atom is 0.410 e. The Morgan fingerprint density at radius 1 is 1.11 bits per heavy atom. The molecule has 1 saturated heterocycles. The number of nitrogens with zero attached hydrogens (tertiary/aromatic N) is 4. The number of piperazine rings is 1. The molecular weight excluding hydrogens is 565 g/mol. The van der Waals surface area contributed by atoms with Crippen LogP contribution in [0.2, 0.25) is 0 Å². The first-order valence-electron chi connectivity index (χ1n) is 14.8. The van der Waals surface area contributed by atoms with Crippen molar-refractivity contribution >= 4 is 17.8 Å². The van der Waals surface area contributed by atoms with Gasteiger partial charge in [-0.15, -0.1) is 0 Å². The molecule has 1 fully saturated rings. The van der Waals surface area contributed by atoms with Gasteiger partial charge in [0, 0.05) is 69.8 Å². The van der Waals surface area contributed by atoms with Crippen molar-refractivity contribution in [2.45, 2.75) is 65.9 Å². The highest BCUT2D eigenvalue weighted by molar-refractivity contribution is 6.05. The number of rotatable bonds is 9. The molecule has 2 atom stereocenters. The van der Waals surface area contributed by atoms with E-state index in [9.17, 15) is 14.0 Å². The number of aryl methyl sites for hydroxylation is 3. The maximum atomic E-state index is 14.8. The fourth-order valence-corrected chi connectivity index (χ4v) is 5.21. The largest absolute Gasteiger partial charge is 0.484 e. The maximum absolute atomic E-state index is 14.8. The first-order valence-corrected chi connectivity index (χ1v) is 14.8. The predicted octanol–water partition coefficient (Wildman–Crippen LogP) is 5.64. The van der Waals surface area contributed by atoms with E-state index in [0.29, 0.717) is 65.6 Å². The number of aromatic nitrogens is 2. The molecule has 0 radical (unpaired) electrons.